The molecule has 0 aliphatic heterocycles. The van der Waals surface area contributed by atoms with Crippen LogP contribution in [0.25, 0.3) is 0 Å². The first-order valence-electron chi connectivity index (χ1n) is 6.92. The van der Waals surface area contributed by atoms with Crippen LogP contribution in [-0.2, 0) is 19.1 Å². The van der Waals surface area contributed by atoms with Crippen molar-refractivity contribution in [1.29, 1.82) is 0 Å². The van der Waals surface area contributed by atoms with Gasteiger partial charge in [-0.2, -0.15) is 0 Å². The first-order valence-corrected chi connectivity index (χ1v) is 6.92. The second-order valence-corrected chi connectivity index (χ2v) is 4.99. The van der Waals surface area contributed by atoms with Gasteiger partial charge in [-0.05, 0) is 27.7 Å². The van der Waals surface area contributed by atoms with E-state index in [4.69, 9.17) is 0 Å². The van der Waals surface area contributed by atoms with E-state index < -0.39 is 11.9 Å². The van der Waals surface area contributed by atoms with Crippen LogP contribution in [0.3, 0.4) is 0 Å². The van der Waals surface area contributed by atoms with E-state index in [2.05, 4.69) is 60.7 Å². The van der Waals surface area contributed by atoms with Gasteiger partial charge in [0.05, 0.1) is 0 Å². The van der Waals surface area contributed by atoms with E-state index in [1.54, 1.807) is 13.8 Å². The number of carbonyl (C=O) groups excluding carboxylic acids is 2. The van der Waals surface area contributed by atoms with Crippen LogP contribution >= 0.6 is 0 Å². The van der Waals surface area contributed by atoms with Crippen molar-refractivity contribution in [3.05, 3.63) is 59.7 Å². The number of aryl methyl sites for hydroxylation is 2. The summed E-state index contributed by atoms with van der Waals surface area (Å²) in [6.07, 6.45) is 0. The lowest BCUT2D eigenvalue weighted by molar-refractivity contribution is -0.147. The summed E-state index contributed by atoms with van der Waals surface area (Å²) in [6, 6.07) is 8.48. The van der Waals surface area contributed by atoms with E-state index in [9.17, 15) is 9.59 Å². The van der Waals surface area contributed by atoms with Crippen LogP contribution in [0.4, 0.5) is 0 Å². The number of ether oxygens (including phenoxy) is 2. The first kappa shape index (κ1) is 19.6. The zero-order valence-corrected chi connectivity index (χ0v) is 13.8. The van der Waals surface area contributed by atoms with Crippen molar-refractivity contribution in [2.45, 2.75) is 27.7 Å². The van der Waals surface area contributed by atoms with E-state index in [1.165, 1.54) is 11.1 Å². The molecule has 4 nitrogen and oxygen atoms in total. The van der Waals surface area contributed by atoms with Gasteiger partial charge in [-0.25, -0.2) is 9.59 Å². The van der Waals surface area contributed by atoms with Gasteiger partial charge in [0.15, 0.2) is 0 Å². The molecule has 22 heavy (non-hydrogen) atoms. The molecule has 0 saturated carbocycles. The van der Waals surface area contributed by atoms with E-state index >= 15 is 0 Å². The van der Waals surface area contributed by atoms with Gasteiger partial charge in [-0.3, -0.25) is 0 Å². The molecule has 120 valence electrons. The van der Waals surface area contributed by atoms with Crippen molar-refractivity contribution in [2.75, 3.05) is 13.2 Å². The van der Waals surface area contributed by atoms with Gasteiger partial charge in [-0.15, -0.1) is 0 Å². The predicted molar refractivity (Wildman–Crippen MR) is 87.5 cm³/mol. The Hall–Kier alpha value is -2.36. The summed E-state index contributed by atoms with van der Waals surface area (Å²) < 4.78 is 9.38. The summed E-state index contributed by atoms with van der Waals surface area (Å²) in [7, 11) is 0. The highest BCUT2D eigenvalue weighted by molar-refractivity contribution is 5.87. The van der Waals surface area contributed by atoms with Crippen molar-refractivity contribution >= 4 is 11.9 Å². The lowest BCUT2D eigenvalue weighted by atomic mass is 10.2. The molecule has 0 radical (unpaired) electrons. The van der Waals surface area contributed by atoms with Gasteiger partial charge in [0, 0.05) is 11.1 Å². The number of rotatable bonds is 5. The molecular formula is C18H24O4. The molecule has 0 fully saturated rings. The van der Waals surface area contributed by atoms with Crippen molar-refractivity contribution < 1.29 is 19.1 Å². The quantitative estimate of drug-likeness (QED) is 0.474. The zero-order chi connectivity index (χ0) is 17.1. The highest BCUT2D eigenvalue weighted by atomic mass is 16.6. The Balaban J connectivity index is 0.000000461. The van der Waals surface area contributed by atoms with E-state index in [-0.39, 0.29) is 13.2 Å². The largest absolute Gasteiger partial charge is 0.459 e. The fourth-order valence-electron chi connectivity index (χ4n) is 1.15. The van der Waals surface area contributed by atoms with Crippen LogP contribution in [0.5, 0.6) is 0 Å². The van der Waals surface area contributed by atoms with Gasteiger partial charge in [0.25, 0.3) is 0 Å². The molecule has 0 N–H and O–H groups in total. The maximum Gasteiger partial charge on any atom is 0.333 e. The molecule has 0 aromatic heterocycles. The van der Waals surface area contributed by atoms with Crippen LogP contribution < -0.4 is 0 Å². The lowest BCUT2D eigenvalue weighted by Crippen LogP contribution is -2.14. The second kappa shape index (κ2) is 10.4. The summed E-state index contributed by atoms with van der Waals surface area (Å²) in [4.78, 5) is 21.7. The Morgan fingerprint density at radius 2 is 1.09 bits per heavy atom. The molecule has 0 spiro atoms. The van der Waals surface area contributed by atoms with Gasteiger partial charge in [0.2, 0.25) is 0 Å². The maximum absolute atomic E-state index is 10.8. The molecule has 0 unspecified atom stereocenters. The SMILES string of the molecule is C=C(C)C(=O)OCCOC(=O)C(=C)C.Cc1ccc(C)cc1. The molecule has 0 aliphatic rings. The summed E-state index contributed by atoms with van der Waals surface area (Å²) >= 11 is 0. The molecule has 0 bridgehead atoms. The molecule has 0 aliphatic carbocycles. The summed E-state index contributed by atoms with van der Waals surface area (Å²) in [5.41, 5.74) is 3.29. The Kier molecular flexibility index (Phi) is 9.27. The number of carbonyl (C=O) groups is 2. The fourth-order valence-corrected chi connectivity index (χ4v) is 1.15. The Morgan fingerprint density at radius 3 is 1.32 bits per heavy atom. The van der Waals surface area contributed by atoms with Crippen LogP contribution in [0, 0.1) is 13.8 Å². The zero-order valence-electron chi connectivity index (χ0n) is 13.8. The molecule has 1 aromatic rings. The predicted octanol–water partition coefficient (Wildman–Crippen LogP) is 3.53. The van der Waals surface area contributed by atoms with Crippen LogP contribution in [0.1, 0.15) is 25.0 Å². The van der Waals surface area contributed by atoms with Crippen molar-refractivity contribution in [2.24, 2.45) is 0 Å². The Bertz CT molecular complexity index is 478. The minimum atomic E-state index is -0.489. The van der Waals surface area contributed by atoms with E-state index in [0.717, 1.165) is 0 Å². The summed E-state index contributed by atoms with van der Waals surface area (Å²) in [5.74, 6) is -0.979. The molecule has 1 aromatic carbocycles. The van der Waals surface area contributed by atoms with Crippen molar-refractivity contribution in [1.82, 2.24) is 0 Å². The summed E-state index contributed by atoms with van der Waals surface area (Å²) in [6.45, 7) is 14.1. The monoisotopic (exact) mass is 304 g/mol. The van der Waals surface area contributed by atoms with E-state index in [0.29, 0.717) is 11.1 Å². The van der Waals surface area contributed by atoms with Crippen LogP contribution in [0.15, 0.2) is 48.6 Å². The first-order chi connectivity index (χ1) is 10.2. The average molecular weight is 304 g/mol. The van der Waals surface area contributed by atoms with Crippen LogP contribution in [-0.4, -0.2) is 25.2 Å². The third-order valence-corrected chi connectivity index (χ3v) is 2.46. The average Bonchev–Trinajstić information content (AvgIpc) is 2.46. The smallest absolute Gasteiger partial charge is 0.333 e. The third kappa shape index (κ3) is 9.53. The molecule has 0 atom stereocenters. The van der Waals surface area contributed by atoms with E-state index in [1.807, 2.05) is 0 Å². The second-order valence-electron chi connectivity index (χ2n) is 4.99. The highest BCUT2D eigenvalue weighted by Gasteiger charge is 2.05. The van der Waals surface area contributed by atoms with Gasteiger partial charge in [0.1, 0.15) is 13.2 Å². The third-order valence-electron chi connectivity index (χ3n) is 2.46. The lowest BCUT2D eigenvalue weighted by Gasteiger charge is -2.05. The molecule has 0 heterocycles. The fraction of sp³-hybridized carbons (Fsp3) is 0.333. The van der Waals surface area contributed by atoms with Gasteiger partial charge < -0.3 is 9.47 Å². The Labute approximate surface area is 132 Å². The van der Waals surface area contributed by atoms with Gasteiger partial charge >= 0.3 is 11.9 Å². The van der Waals surface area contributed by atoms with Crippen molar-refractivity contribution in [3.63, 3.8) is 0 Å². The highest BCUT2D eigenvalue weighted by Crippen LogP contribution is 1.99. The standard InChI is InChI=1S/C10H14O4.C8H10/c1-7(2)9(11)13-5-6-14-10(12)8(3)4;1-7-3-5-8(2)6-4-7/h1,3,5-6H2,2,4H3;3-6H,1-2H3. The number of benzene rings is 1. The molecule has 0 saturated heterocycles. The number of esters is 2. The number of hydrogen-bond donors (Lipinski definition) is 0. The number of hydrogen-bond acceptors (Lipinski definition) is 4. The molecule has 1 rings (SSSR count). The minimum absolute atomic E-state index is 0.0325. The Morgan fingerprint density at radius 1 is 0.818 bits per heavy atom. The molecule has 4 heteroatoms. The molecular weight excluding hydrogens is 280 g/mol. The normalized spacial score (nSPS) is 9.09. The topological polar surface area (TPSA) is 52.6 Å². The molecule has 0 amide bonds. The van der Waals surface area contributed by atoms with Gasteiger partial charge in [-0.1, -0.05) is 48.6 Å². The maximum atomic E-state index is 10.8. The minimum Gasteiger partial charge on any atom is -0.459 e. The van der Waals surface area contributed by atoms with Crippen LogP contribution in [0.2, 0.25) is 0 Å². The van der Waals surface area contributed by atoms with Crippen molar-refractivity contribution in [3.8, 4) is 0 Å². The summed E-state index contributed by atoms with van der Waals surface area (Å²) in [5, 5.41) is 0.